The highest BCUT2D eigenvalue weighted by molar-refractivity contribution is 7.18. The van der Waals surface area contributed by atoms with Crippen LogP contribution < -0.4 is 11.1 Å². The average molecular weight is 420 g/mol. The maximum Gasteiger partial charge on any atom is 0.409 e. The van der Waals surface area contributed by atoms with E-state index in [2.05, 4.69) is 5.32 Å². The summed E-state index contributed by atoms with van der Waals surface area (Å²) in [5.41, 5.74) is 7.08. The van der Waals surface area contributed by atoms with Gasteiger partial charge in [-0.15, -0.1) is 11.3 Å². The average Bonchev–Trinajstić information content (AvgIpc) is 3.10. The second-order valence-corrected chi connectivity index (χ2v) is 8.18. The largest absolute Gasteiger partial charge is 0.449 e. The zero-order valence-corrected chi connectivity index (χ0v) is 17.3. The van der Waals surface area contributed by atoms with Crippen LogP contribution in [0.25, 0.3) is 10.4 Å². The van der Waals surface area contributed by atoms with Gasteiger partial charge in [-0.05, 0) is 43.0 Å². The molecule has 0 unspecified atom stereocenters. The molecule has 156 valence electrons. The molecular formula is C21H26FN3O3S. The first-order chi connectivity index (χ1) is 14.0. The van der Waals surface area contributed by atoms with Crippen LogP contribution in [-0.2, 0) is 4.74 Å². The highest BCUT2D eigenvalue weighted by Gasteiger charge is 2.27. The fourth-order valence-corrected chi connectivity index (χ4v) is 4.25. The molecule has 1 atom stereocenters. The molecule has 2 amide bonds. The van der Waals surface area contributed by atoms with Gasteiger partial charge < -0.3 is 20.7 Å². The van der Waals surface area contributed by atoms with E-state index in [0.29, 0.717) is 35.8 Å². The Morgan fingerprint density at radius 1 is 1.38 bits per heavy atom. The van der Waals surface area contributed by atoms with Crippen molar-refractivity contribution in [2.75, 3.05) is 25.4 Å². The van der Waals surface area contributed by atoms with Crippen molar-refractivity contribution in [2.24, 2.45) is 0 Å². The van der Waals surface area contributed by atoms with Crippen molar-refractivity contribution in [3.05, 3.63) is 41.0 Å². The number of hydrogen-bond donors (Lipinski definition) is 2. The number of amides is 2. The van der Waals surface area contributed by atoms with E-state index in [9.17, 15) is 14.0 Å². The number of nitrogens with one attached hydrogen (secondary N) is 1. The summed E-state index contributed by atoms with van der Waals surface area (Å²) in [5, 5.41) is 2.97. The molecule has 1 aliphatic rings. The Balaban J connectivity index is 1.62. The van der Waals surface area contributed by atoms with Gasteiger partial charge in [0, 0.05) is 24.0 Å². The van der Waals surface area contributed by atoms with E-state index in [1.807, 2.05) is 6.92 Å². The number of carbonyl (C=O) groups excluding carboxylic acids is 2. The topological polar surface area (TPSA) is 84.7 Å². The van der Waals surface area contributed by atoms with Gasteiger partial charge in [0.2, 0.25) is 0 Å². The smallest absolute Gasteiger partial charge is 0.409 e. The molecule has 1 aromatic carbocycles. The minimum atomic E-state index is -0.339. The van der Waals surface area contributed by atoms with Crippen molar-refractivity contribution in [3.8, 4) is 10.4 Å². The Labute approximate surface area is 173 Å². The maximum absolute atomic E-state index is 13.5. The molecule has 2 aromatic rings. The zero-order chi connectivity index (χ0) is 20.8. The Hall–Kier alpha value is -2.61. The molecule has 0 bridgehead atoms. The summed E-state index contributed by atoms with van der Waals surface area (Å²) in [7, 11) is 0. The van der Waals surface area contributed by atoms with Crippen molar-refractivity contribution < 1.29 is 18.7 Å². The molecule has 0 aliphatic carbocycles. The first kappa shape index (κ1) is 21.1. The summed E-state index contributed by atoms with van der Waals surface area (Å²) in [6.45, 7) is 3.49. The SMILES string of the molecule is CCCCOC(=O)N1CCC[C@H](NC(=O)c2sc(-c3cccc(F)c3)cc2N)C1. The number of carbonyl (C=O) groups is 2. The van der Waals surface area contributed by atoms with Gasteiger partial charge in [-0.3, -0.25) is 4.79 Å². The molecule has 1 aliphatic heterocycles. The number of halogens is 1. The summed E-state index contributed by atoms with van der Waals surface area (Å²) < 4.78 is 18.7. The molecule has 0 saturated carbocycles. The van der Waals surface area contributed by atoms with Crippen LogP contribution in [0, 0.1) is 5.82 Å². The second-order valence-electron chi connectivity index (χ2n) is 7.13. The van der Waals surface area contributed by atoms with E-state index < -0.39 is 0 Å². The summed E-state index contributed by atoms with van der Waals surface area (Å²) in [5.74, 6) is -0.616. The van der Waals surface area contributed by atoms with Crippen LogP contribution in [0.15, 0.2) is 30.3 Å². The summed E-state index contributed by atoms with van der Waals surface area (Å²) in [4.78, 5) is 27.7. The van der Waals surface area contributed by atoms with Crippen LogP contribution in [-0.4, -0.2) is 42.6 Å². The van der Waals surface area contributed by atoms with Gasteiger partial charge in [0.05, 0.1) is 12.3 Å². The number of thiophene rings is 1. The van der Waals surface area contributed by atoms with E-state index in [4.69, 9.17) is 10.5 Å². The molecule has 1 saturated heterocycles. The molecule has 3 rings (SSSR count). The van der Waals surface area contributed by atoms with E-state index >= 15 is 0 Å². The van der Waals surface area contributed by atoms with Crippen molar-refractivity contribution in [3.63, 3.8) is 0 Å². The lowest BCUT2D eigenvalue weighted by molar-refractivity contribution is 0.0798. The van der Waals surface area contributed by atoms with E-state index in [1.165, 1.54) is 23.5 Å². The number of hydrogen-bond acceptors (Lipinski definition) is 5. The molecule has 1 aromatic heterocycles. The molecule has 6 nitrogen and oxygen atoms in total. The molecule has 0 spiro atoms. The first-order valence-electron chi connectivity index (χ1n) is 9.85. The first-order valence-corrected chi connectivity index (χ1v) is 10.7. The van der Waals surface area contributed by atoms with Crippen molar-refractivity contribution >= 4 is 29.0 Å². The zero-order valence-electron chi connectivity index (χ0n) is 16.4. The number of unbranched alkanes of at least 4 members (excludes halogenated alkanes) is 1. The molecule has 8 heteroatoms. The lowest BCUT2D eigenvalue weighted by Crippen LogP contribution is -2.49. The van der Waals surface area contributed by atoms with Gasteiger partial charge in [0.25, 0.3) is 5.91 Å². The predicted molar refractivity (Wildman–Crippen MR) is 112 cm³/mol. The number of benzene rings is 1. The monoisotopic (exact) mass is 419 g/mol. The number of piperidine rings is 1. The quantitative estimate of drug-likeness (QED) is 0.685. The molecule has 29 heavy (non-hydrogen) atoms. The third kappa shape index (κ3) is 5.47. The number of nitrogen functional groups attached to an aromatic ring is 1. The van der Waals surface area contributed by atoms with Crippen LogP contribution >= 0.6 is 11.3 Å². The summed E-state index contributed by atoms with van der Waals surface area (Å²) in [6, 6.07) is 7.71. The summed E-state index contributed by atoms with van der Waals surface area (Å²) >= 11 is 1.23. The lowest BCUT2D eigenvalue weighted by atomic mass is 10.1. The number of anilines is 1. The Kier molecular flexibility index (Phi) is 7.09. The number of nitrogens with two attached hydrogens (primary N) is 1. The minimum Gasteiger partial charge on any atom is -0.449 e. The number of nitrogens with zero attached hydrogens (tertiary/aromatic N) is 1. The van der Waals surface area contributed by atoms with Gasteiger partial charge in [0.15, 0.2) is 0 Å². The van der Waals surface area contributed by atoms with Crippen LogP contribution in [0.4, 0.5) is 14.9 Å². The number of likely N-dealkylation sites (tertiary alicyclic amines) is 1. The number of ether oxygens (including phenoxy) is 1. The van der Waals surface area contributed by atoms with Crippen molar-refractivity contribution in [1.29, 1.82) is 0 Å². The minimum absolute atomic E-state index is 0.158. The molecule has 1 fully saturated rings. The van der Waals surface area contributed by atoms with Crippen LogP contribution in [0.2, 0.25) is 0 Å². The van der Waals surface area contributed by atoms with E-state index in [1.54, 1.807) is 23.1 Å². The third-order valence-corrected chi connectivity index (χ3v) is 6.01. The molecule has 2 heterocycles. The molecular weight excluding hydrogens is 393 g/mol. The highest BCUT2D eigenvalue weighted by atomic mass is 32.1. The normalized spacial score (nSPS) is 16.5. The molecule has 3 N–H and O–H groups in total. The Morgan fingerprint density at radius 3 is 2.97 bits per heavy atom. The highest BCUT2D eigenvalue weighted by Crippen LogP contribution is 2.33. The van der Waals surface area contributed by atoms with Crippen molar-refractivity contribution in [1.82, 2.24) is 10.2 Å². The molecule has 0 radical (unpaired) electrons. The van der Waals surface area contributed by atoms with E-state index in [-0.39, 0.29) is 23.9 Å². The summed E-state index contributed by atoms with van der Waals surface area (Å²) in [6.07, 6.45) is 3.05. The third-order valence-electron chi connectivity index (χ3n) is 4.81. The van der Waals surface area contributed by atoms with Crippen molar-refractivity contribution in [2.45, 2.75) is 38.6 Å². The predicted octanol–water partition coefficient (Wildman–Crippen LogP) is 4.27. The van der Waals surface area contributed by atoms with Gasteiger partial charge in [0.1, 0.15) is 10.7 Å². The van der Waals surface area contributed by atoms with E-state index in [0.717, 1.165) is 30.6 Å². The van der Waals surface area contributed by atoms with Crippen LogP contribution in [0.1, 0.15) is 42.3 Å². The standard InChI is InChI=1S/C21H26FN3O3S/c1-2-3-10-28-21(27)25-9-5-8-16(13-25)24-20(26)19-17(23)12-18(29-19)14-6-4-7-15(22)11-14/h4,6-7,11-12,16H,2-3,5,8-10,13,23H2,1H3,(H,24,26)/t16-/m0/s1. The lowest BCUT2D eigenvalue weighted by Gasteiger charge is -2.32. The van der Waals surface area contributed by atoms with Crippen LogP contribution in [0.5, 0.6) is 0 Å². The fourth-order valence-electron chi connectivity index (χ4n) is 3.27. The Bertz CT molecular complexity index is 871. The number of rotatable bonds is 6. The maximum atomic E-state index is 13.5. The Morgan fingerprint density at radius 2 is 2.21 bits per heavy atom. The second kappa shape index (κ2) is 9.73. The van der Waals surface area contributed by atoms with Gasteiger partial charge in [-0.25, -0.2) is 9.18 Å². The van der Waals surface area contributed by atoms with Gasteiger partial charge >= 0.3 is 6.09 Å². The van der Waals surface area contributed by atoms with Gasteiger partial charge in [-0.2, -0.15) is 0 Å². The van der Waals surface area contributed by atoms with Crippen LogP contribution in [0.3, 0.4) is 0 Å². The fraction of sp³-hybridized carbons (Fsp3) is 0.429. The van der Waals surface area contributed by atoms with Gasteiger partial charge in [-0.1, -0.05) is 25.5 Å².